The summed E-state index contributed by atoms with van der Waals surface area (Å²) in [7, 11) is 0. The topological polar surface area (TPSA) is 42.0 Å². The largest absolute Gasteiger partial charge is 0.350 e. The molecule has 3 unspecified atom stereocenters. The first-order chi connectivity index (χ1) is 14.5. The number of nitrogens with one attached hydrogen (secondary N) is 1. The number of aromatic nitrogens is 1. The standard InChI is InChI=1S/C26H35N2OS/c1-4-5-7-14-22-23(18-11-8-6-9-12-18)28-25(30-22)24(29)27-17-19-13-10-15-26(2,3)21-16-20(19)21/h6,8-9,11-12,15,19-21H,4-5,7,10,13-14,16-17H2,1-3H3,(H,27,29). The summed E-state index contributed by atoms with van der Waals surface area (Å²) in [5.74, 6) is 2.19. The van der Waals surface area contributed by atoms with Crippen LogP contribution >= 0.6 is 11.3 Å². The average Bonchev–Trinajstić information content (AvgIpc) is 3.46. The Morgan fingerprint density at radius 3 is 2.80 bits per heavy atom. The molecule has 1 N–H and O–H groups in total. The monoisotopic (exact) mass is 423 g/mol. The predicted molar refractivity (Wildman–Crippen MR) is 126 cm³/mol. The summed E-state index contributed by atoms with van der Waals surface area (Å²) in [6.45, 7) is 7.76. The quantitative estimate of drug-likeness (QED) is 0.489. The van der Waals surface area contributed by atoms with E-state index < -0.39 is 0 Å². The number of hydrogen-bond acceptors (Lipinski definition) is 3. The zero-order valence-corrected chi connectivity index (χ0v) is 19.4. The Kier molecular flexibility index (Phi) is 6.62. The smallest absolute Gasteiger partial charge is 0.280 e. The Bertz CT molecular complexity index is 857. The van der Waals surface area contributed by atoms with E-state index in [0.29, 0.717) is 16.3 Å². The zero-order valence-electron chi connectivity index (χ0n) is 18.6. The first-order valence-electron chi connectivity index (χ1n) is 11.7. The van der Waals surface area contributed by atoms with Gasteiger partial charge in [-0.25, -0.2) is 4.98 Å². The molecular formula is C26H35N2OS. The van der Waals surface area contributed by atoms with Gasteiger partial charge in [-0.15, -0.1) is 11.3 Å². The Morgan fingerprint density at radius 2 is 2.03 bits per heavy atom. The lowest BCUT2D eigenvalue weighted by Gasteiger charge is -2.22. The highest BCUT2D eigenvalue weighted by Crippen LogP contribution is 2.58. The van der Waals surface area contributed by atoms with E-state index in [9.17, 15) is 4.79 Å². The zero-order chi connectivity index (χ0) is 21.1. The van der Waals surface area contributed by atoms with Crippen LogP contribution in [0.4, 0.5) is 0 Å². The molecule has 0 aliphatic heterocycles. The third-order valence-corrected chi connectivity index (χ3v) is 8.19. The molecule has 1 amide bonds. The van der Waals surface area contributed by atoms with Crippen LogP contribution in [0.3, 0.4) is 0 Å². The summed E-state index contributed by atoms with van der Waals surface area (Å²) in [4.78, 5) is 19.0. The van der Waals surface area contributed by atoms with Gasteiger partial charge in [0.2, 0.25) is 0 Å². The second-order valence-corrected chi connectivity index (χ2v) is 10.8. The maximum atomic E-state index is 13.0. The van der Waals surface area contributed by atoms with Crippen molar-refractivity contribution in [2.45, 2.75) is 65.7 Å². The summed E-state index contributed by atoms with van der Waals surface area (Å²) in [6.07, 6.45) is 10.8. The first kappa shape index (κ1) is 21.5. The van der Waals surface area contributed by atoms with Crippen LogP contribution in [0.5, 0.6) is 0 Å². The van der Waals surface area contributed by atoms with Gasteiger partial charge in [0.05, 0.1) is 5.69 Å². The number of fused-ring (bicyclic) bond motifs is 1. The Hall–Kier alpha value is -1.68. The van der Waals surface area contributed by atoms with E-state index in [2.05, 4.69) is 44.6 Å². The van der Waals surface area contributed by atoms with Crippen molar-refractivity contribution in [3.63, 3.8) is 0 Å². The molecule has 0 saturated heterocycles. The fraction of sp³-hybridized carbons (Fsp3) is 0.577. The van der Waals surface area contributed by atoms with E-state index in [1.807, 2.05) is 18.2 Å². The van der Waals surface area contributed by atoms with Crippen molar-refractivity contribution >= 4 is 17.2 Å². The van der Waals surface area contributed by atoms with Gasteiger partial charge in [0.25, 0.3) is 5.91 Å². The molecule has 1 heterocycles. The van der Waals surface area contributed by atoms with E-state index in [-0.39, 0.29) is 5.91 Å². The Labute approximate surface area is 185 Å². The van der Waals surface area contributed by atoms with Gasteiger partial charge in [0.1, 0.15) is 0 Å². The number of carbonyl (C=O) groups is 1. The number of thiazole rings is 1. The van der Waals surface area contributed by atoms with Crippen LogP contribution in [0.25, 0.3) is 11.3 Å². The highest BCUT2D eigenvalue weighted by Gasteiger charge is 2.52. The molecule has 0 bridgehead atoms. The molecule has 3 nitrogen and oxygen atoms in total. The molecule has 1 aromatic heterocycles. The molecule has 30 heavy (non-hydrogen) atoms. The Morgan fingerprint density at radius 1 is 1.23 bits per heavy atom. The molecule has 1 radical (unpaired) electrons. The number of aryl methyl sites for hydroxylation is 1. The molecule has 3 atom stereocenters. The van der Waals surface area contributed by atoms with Gasteiger partial charge in [-0.1, -0.05) is 63.9 Å². The molecule has 2 aliphatic carbocycles. The molecule has 0 spiro atoms. The number of hydrogen-bond donors (Lipinski definition) is 1. The van der Waals surface area contributed by atoms with Crippen LogP contribution in [0.1, 0.15) is 74.0 Å². The van der Waals surface area contributed by atoms with E-state index in [4.69, 9.17) is 4.98 Å². The second-order valence-electron chi connectivity index (χ2n) is 9.69. The summed E-state index contributed by atoms with van der Waals surface area (Å²) in [6, 6.07) is 10.3. The van der Waals surface area contributed by atoms with Crippen LogP contribution in [-0.2, 0) is 6.42 Å². The van der Waals surface area contributed by atoms with Crippen molar-refractivity contribution in [2.75, 3.05) is 6.54 Å². The number of benzene rings is 1. The lowest BCUT2D eigenvalue weighted by molar-refractivity contribution is 0.0944. The summed E-state index contributed by atoms with van der Waals surface area (Å²) in [5, 5.41) is 3.85. The highest BCUT2D eigenvalue weighted by atomic mass is 32.1. The molecule has 161 valence electrons. The van der Waals surface area contributed by atoms with Crippen molar-refractivity contribution in [3.05, 3.63) is 46.6 Å². The highest BCUT2D eigenvalue weighted by molar-refractivity contribution is 7.14. The lowest BCUT2D eigenvalue weighted by Crippen LogP contribution is -2.30. The van der Waals surface area contributed by atoms with Crippen molar-refractivity contribution in [1.82, 2.24) is 10.3 Å². The van der Waals surface area contributed by atoms with Gasteiger partial charge in [0, 0.05) is 17.0 Å². The van der Waals surface area contributed by atoms with Gasteiger partial charge >= 0.3 is 0 Å². The molecule has 2 saturated carbocycles. The lowest BCUT2D eigenvalue weighted by atomic mass is 9.83. The number of amides is 1. The van der Waals surface area contributed by atoms with Crippen LogP contribution in [-0.4, -0.2) is 17.4 Å². The minimum absolute atomic E-state index is 0.00334. The summed E-state index contributed by atoms with van der Waals surface area (Å²) >= 11 is 1.59. The van der Waals surface area contributed by atoms with Crippen molar-refractivity contribution in [1.29, 1.82) is 0 Å². The molecule has 2 fully saturated rings. The van der Waals surface area contributed by atoms with Crippen LogP contribution in [0, 0.1) is 29.6 Å². The van der Waals surface area contributed by atoms with Crippen LogP contribution in [0.15, 0.2) is 30.3 Å². The maximum Gasteiger partial charge on any atom is 0.280 e. The normalized spacial score (nSPS) is 24.7. The van der Waals surface area contributed by atoms with E-state index in [0.717, 1.165) is 48.9 Å². The van der Waals surface area contributed by atoms with E-state index >= 15 is 0 Å². The Balaban J connectivity index is 1.43. The number of carbonyl (C=O) groups excluding carboxylic acids is 1. The number of nitrogens with zero attached hydrogens (tertiary/aromatic N) is 1. The summed E-state index contributed by atoms with van der Waals surface area (Å²) < 4.78 is 0. The molecule has 2 aliphatic rings. The molecule has 2 aromatic rings. The van der Waals surface area contributed by atoms with Crippen molar-refractivity contribution in [3.8, 4) is 11.3 Å². The molecular weight excluding hydrogens is 388 g/mol. The van der Waals surface area contributed by atoms with Crippen molar-refractivity contribution < 1.29 is 4.79 Å². The van der Waals surface area contributed by atoms with E-state index in [1.54, 1.807) is 11.3 Å². The molecule has 4 heteroatoms. The fourth-order valence-electron chi connectivity index (χ4n) is 5.15. The van der Waals surface area contributed by atoms with Crippen molar-refractivity contribution in [2.24, 2.45) is 23.2 Å². The third kappa shape index (κ3) is 4.80. The number of rotatable bonds is 8. The third-order valence-electron chi connectivity index (χ3n) is 7.08. The SMILES string of the molecule is CCCCCc1sc(C(=O)NCC2CC[CH]C(C)(C)C3CC23)nc1-c1ccccc1. The molecule has 1 aromatic carbocycles. The second kappa shape index (κ2) is 9.21. The number of unbranched alkanes of at least 4 members (excludes halogenated alkanes) is 2. The average molecular weight is 424 g/mol. The van der Waals surface area contributed by atoms with Gasteiger partial charge in [-0.3, -0.25) is 4.79 Å². The minimum atomic E-state index is 0.00334. The van der Waals surface area contributed by atoms with Gasteiger partial charge in [-0.2, -0.15) is 0 Å². The van der Waals surface area contributed by atoms with E-state index in [1.165, 1.54) is 30.6 Å². The predicted octanol–water partition coefficient (Wildman–Crippen LogP) is 6.55. The minimum Gasteiger partial charge on any atom is -0.350 e. The van der Waals surface area contributed by atoms with Crippen LogP contribution < -0.4 is 5.32 Å². The van der Waals surface area contributed by atoms with Gasteiger partial charge in [0.15, 0.2) is 5.01 Å². The first-order valence-corrected chi connectivity index (χ1v) is 12.5. The summed E-state index contributed by atoms with van der Waals surface area (Å²) in [5.41, 5.74) is 2.47. The maximum absolute atomic E-state index is 13.0. The van der Waals surface area contributed by atoms with Crippen LogP contribution in [0.2, 0.25) is 0 Å². The van der Waals surface area contributed by atoms with Gasteiger partial charge in [-0.05, 0) is 61.7 Å². The van der Waals surface area contributed by atoms with Gasteiger partial charge < -0.3 is 5.32 Å². The fourth-order valence-corrected chi connectivity index (χ4v) is 6.20. The molecule has 4 rings (SSSR count).